The van der Waals surface area contributed by atoms with Crippen molar-refractivity contribution < 1.29 is 8.78 Å². The van der Waals surface area contributed by atoms with Gasteiger partial charge in [-0.3, -0.25) is 0 Å². The summed E-state index contributed by atoms with van der Waals surface area (Å²) >= 11 is 0. The van der Waals surface area contributed by atoms with Crippen LogP contribution in [0.25, 0.3) is 0 Å². The Hall–Kier alpha value is -3.52. The molecule has 0 spiro atoms. The predicted molar refractivity (Wildman–Crippen MR) is 120 cm³/mol. The molecule has 2 aromatic rings. The van der Waals surface area contributed by atoms with Gasteiger partial charge >= 0.3 is 0 Å². The number of rotatable bonds is 9. The van der Waals surface area contributed by atoms with E-state index in [0.29, 0.717) is 47.4 Å². The number of halogens is 2. The van der Waals surface area contributed by atoms with Gasteiger partial charge in [0.05, 0.1) is 0 Å². The number of aliphatic imine (C=N–C) groups is 2. The quantitative estimate of drug-likeness (QED) is 0.539. The SMILES string of the molecule is C=C(/N=C1\C(=C/N)N=C(c2cccc(F)c2)N1CCCCN)NCc1ccccc1F. The van der Waals surface area contributed by atoms with E-state index >= 15 is 0 Å². The van der Waals surface area contributed by atoms with Crippen molar-refractivity contribution in [2.75, 3.05) is 13.1 Å². The van der Waals surface area contributed by atoms with Crippen LogP contribution in [0.4, 0.5) is 8.78 Å². The number of hydrogen-bond donors (Lipinski definition) is 3. The van der Waals surface area contributed by atoms with Crippen LogP contribution in [-0.2, 0) is 6.54 Å². The fourth-order valence-electron chi connectivity index (χ4n) is 3.17. The highest BCUT2D eigenvalue weighted by molar-refractivity contribution is 6.20. The van der Waals surface area contributed by atoms with E-state index in [1.807, 2.05) is 4.90 Å². The maximum atomic E-state index is 13.9. The second-order valence-corrected chi connectivity index (χ2v) is 6.97. The van der Waals surface area contributed by atoms with Crippen LogP contribution in [0.2, 0.25) is 0 Å². The third-order valence-electron chi connectivity index (χ3n) is 4.72. The minimum atomic E-state index is -0.360. The Morgan fingerprint density at radius 1 is 1.16 bits per heavy atom. The van der Waals surface area contributed by atoms with Crippen LogP contribution >= 0.6 is 0 Å². The van der Waals surface area contributed by atoms with Crippen LogP contribution in [0.1, 0.15) is 24.0 Å². The topological polar surface area (TPSA) is 92.0 Å². The van der Waals surface area contributed by atoms with Gasteiger partial charge in [0.25, 0.3) is 0 Å². The highest BCUT2D eigenvalue weighted by Crippen LogP contribution is 2.22. The lowest BCUT2D eigenvalue weighted by Gasteiger charge is -2.22. The first-order chi connectivity index (χ1) is 15.0. The van der Waals surface area contributed by atoms with Gasteiger partial charge in [0.2, 0.25) is 0 Å². The smallest absolute Gasteiger partial charge is 0.164 e. The monoisotopic (exact) mass is 424 g/mol. The highest BCUT2D eigenvalue weighted by Gasteiger charge is 2.29. The van der Waals surface area contributed by atoms with E-state index < -0.39 is 0 Å². The van der Waals surface area contributed by atoms with E-state index in [1.165, 1.54) is 24.4 Å². The van der Waals surface area contributed by atoms with Gasteiger partial charge in [-0.1, -0.05) is 36.9 Å². The molecule has 0 fully saturated rings. The van der Waals surface area contributed by atoms with E-state index in [9.17, 15) is 8.78 Å². The molecule has 6 nitrogen and oxygen atoms in total. The van der Waals surface area contributed by atoms with Crippen molar-refractivity contribution in [3.8, 4) is 0 Å². The Morgan fingerprint density at radius 3 is 2.68 bits per heavy atom. The third-order valence-corrected chi connectivity index (χ3v) is 4.72. The first-order valence-electron chi connectivity index (χ1n) is 10.0. The molecule has 31 heavy (non-hydrogen) atoms. The predicted octanol–water partition coefficient (Wildman–Crippen LogP) is 3.23. The zero-order chi connectivity index (χ0) is 22.2. The molecule has 0 unspecified atom stereocenters. The highest BCUT2D eigenvalue weighted by atomic mass is 19.1. The summed E-state index contributed by atoms with van der Waals surface area (Å²) in [6.07, 6.45) is 2.95. The lowest BCUT2D eigenvalue weighted by Crippen LogP contribution is -2.35. The number of nitrogens with zero attached hydrogens (tertiary/aromatic N) is 3. The van der Waals surface area contributed by atoms with Crippen molar-refractivity contribution in [1.82, 2.24) is 10.2 Å². The summed E-state index contributed by atoms with van der Waals surface area (Å²) < 4.78 is 27.7. The first-order valence-corrected chi connectivity index (χ1v) is 10.0. The Kier molecular flexibility index (Phi) is 7.50. The van der Waals surface area contributed by atoms with Crippen molar-refractivity contribution in [2.45, 2.75) is 19.4 Å². The first kappa shape index (κ1) is 22.2. The molecular formula is C23H26F2N6. The summed E-state index contributed by atoms with van der Waals surface area (Å²) in [6, 6.07) is 12.7. The number of amidine groups is 2. The van der Waals surface area contributed by atoms with Crippen molar-refractivity contribution in [3.63, 3.8) is 0 Å². The molecule has 0 atom stereocenters. The average molecular weight is 424 g/mol. The van der Waals surface area contributed by atoms with Gasteiger partial charge in [-0.05, 0) is 37.6 Å². The standard InChI is InChI=1S/C23H26F2N6/c1-16(28-15-18-7-2-3-10-20(18)25)29-23-21(14-27)30-22(31(23)12-5-4-11-26)17-8-6-9-19(24)13-17/h2-3,6-10,13-14,28H,1,4-5,11-12,15,26-27H2/b21-14+,29-23+. The minimum Gasteiger partial charge on any atom is -0.403 e. The third kappa shape index (κ3) is 5.55. The van der Waals surface area contributed by atoms with E-state index in [0.717, 1.165) is 12.8 Å². The van der Waals surface area contributed by atoms with Crippen molar-refractivity contribution in [2.24, 2.45) is 21.5 Å². The summed E-state index contributed by atoms with van der Waals surface area (Å²) in [5.74, 6) is 0.705. The van der Waals surface area contributed by atoms with Gasteiger partial charge in [0.15, 0.2) is 5.84 Å². The van der Waals surface area contributed by atoms with Gasteiger partial charge in [0, 0.05) is 30.4 Å². The second-order valence-electron chi connectivity index (χ2n) is 6.97. The molecule has 0 bridgehead atoms. The summed E-state index contributed by atoms with van der Waals surface area (Å²) in [5.41, 5.74) is 13.0. The molecular weight excluding hydrogens is 398 g/mol. The molecule has 162 valence electrons. The van der Waals surface area contributed by atoms with E-state index in [4.69, 9.17) is 11.5 Å². The minimum absolute atomic E-state index is 0.231. The fourth-order valence-corrected chi connectivity index (χ4v) is 3.17. The van der Waals surface area contributed by atoms with Gasteiger partial charge in [-0.25, -0.2) is 18.8 Å². The van der Waals surface area contributed by atoms with Crippen molar-refractivity contribution in [1.29, 1.82) is 0 Å². The lowest BCUT2D eigenvalue weighted by molar-refractivity contribution is 0.566. The van der Waals surface area contributed by atoms with Crippen LogP contribution in [0.5, 0.6) is 0 Å². The summed E-state index contributed by atoms with van der Waals surface area (Å²) in [6.45, 7) is 5.29. The number of benzene rings is 2. The van der Waals surface area contributed by atoms with Gasteiger partial charge in [-0.2, -0.15) is 0 Å². The molecule has 1 aliphatic rings. The Bertz CT molecular complexity index is 1030. The van der Waals surface area contributed by atoms with E-state index in [2.05, 4.69) is 21.9 Å². The average Bonchev–Trinajstić information content (AvgIpc) is 3.10. The molecule has 1 aliphatic heterocycles. The Morgan fingerprint density at radius 2 is 1.97 bits per heavy atom. The summed E-state index contributed by atoms with van der Waals surface area (Å²) in [7, 11) is 0. The number of hydrogen-bond acceptors (Lipinski definition) is 5. The Labute approximate surface area is 180 Å². The maximum absolute atomic E-state index is 13.9. The van der Waals surface area contributed by atoms with Gasteiger partial charge in [-0.15, -0.1) is 0 Å². The van der Waals surface area contributed by atoms with E-state index in [1.54, 1.807) is 30.3 Å². The molecule has 2 aromatic carbocycles. The zero-order valence-electron chi connectivity index (χ0n) is 17.2. The van der Waals surface area contributed by atoms with Crippen LogP contribution in [0.3, 0.4) is 0 Å². The molecule has 0 aromatic heterocycles. The molecule has 8 heteroatoms. The molecule has 0 aliphatic carbocycles. The normalized spacial score (nSPS) is 16.1. The molecule has 5 N–H and O–H groups in total. The van der Waals surface area contributed by atoms with Crippen LogP contribution in [0, 0.1) is 11.6 Å². The maximum Gasteiger partial charge on any atom is 0.164 e. The van der Waals surface area contributed by atoms with Crippen LogP contribution in [-0.4, -0.2) is 29.7 Å². The van der Waals surface area contributed by atoms with Crippen LogP contribution in [0.15, 0.2) is 82.8 Å². The lowest BCUT2D eigenvalue weighted by atomic mass is 10.2. The molecule has 0 saturated carbocycles. The zero-order valence-corrected chi connectivity index (χ0v) is 17.2. The molecule has 0 amide bonds. The summed E-state index contributed by atoms with van der Waals surface area (Å²) in [5, 5.41) is 3.02. The van der Waals surface area contributed by atoms with Crippen molar-refractivity contribution in [3.05, 3.63) is 95.6 Å². The van der Waals surface area contributed by atoms with Crippen molar-refractivity contribution >= 4 is 11.7 Å². The molecule has 0 saturated heterocycles. The van der Waals surface area contributed by atoms with E-state index in [-0.39, 0.29) is 18.2 Å². The Balaban J connectivity index is 1.85. The molecule has 1 heterocycles. The van der Waals surface area contributed by atoms with Gasteiger partial charge < -0.3 is 21.7 Å². The number of nitrogens with two attached hydrogens (primary N) is 2. The molecule has 3 rings (SSSR count). The summed E-state index contributed by atoms with van der Waals surface area (Å²) in [4.78, 5) is 11.0. The largest absolute Gasteiger partial charge is 0.403 e. The second kappa shape index (κ2) is 10.5. The number of nitrogens with one attached hydrogen (secondary N) is 1. The van der Waals surface area contributed by atoms with Gasteiger partial charge in [0.1, 0.15) is 29.0 Å². The fraction of sp³-hybridized carbons (Fsp3) is 0.217. The number of unbranched alkanes of at least 4 members (excludes halogenated alkanes) is 1. The van der Waals surface area contributed by atoms with Crippen LogP contribution < -0.4 is 16.8 Å². The molecule has 0 radical (unpaired) electrons.